The highest BCUT2D eigenvalue weighted by molar-refractivity contribution is 5.99. The second-order valence-corrected chi connectivity index (χ2v) is 6.04. The molecule has 2 rings (SSSR count). The molecule has 1 N–H and O–H groups in total. The lowest BCUT2D eigenvalue weighted by atomic mass is 9.97. The summed E-state index contributed by atoms with van der Waals surface area (Å²) in [5.74, 6) is 0.576. The van der Waals surface area contributed by atoms with Gasteiger partial charge in [-0.25, -0.2) is 0 Å². The van der Waals surface area contributed by atoms with Gasteiger partial charge in [-0.2, -0.15) is 0 Å². The van der Waals surface area contributed by atoms with Crippen LogP contribution in [0, 0.1) is 0 Å². The summed E-state index contributed by atoms with van der Waals surface area (Å²) in [7, 11) is 1.57. The van der Waals surface area contributed by atoms with Crippen LogP contribution in [0.25, 0.3) is 0 Å². The van der Waals surface area contributed by atoms with E-state index in [4.69, 9.17) is 4.74 Å². The molecule has 24 heavy (non-hydrogen) atoms. The van der Waals surface area contributed by atoms with Gasteiger partial charge in [0, 0.05) is 12.0 Å². The highest BCUT2D eigenvalue weighted by atomic mass is 16.5. The van der Waals surface area contributed by atoms with Crippen LogP contribution in [0.4, 0.5) is 0 Å². The zero-order valence-corrected chi connectivity index (χ0v) is 14.5. The molecule has 2 aromatic rings. The van der Waals surface area contributed by atoms with Gasteiger partial charge >= 0.3 is 0 Å². The van der Waals surface area contributed by atoms with Crippen molar-refractivity contribution in [1.82, 2.24) is 0 Å². The van der Waals surface area contributed by atoms with Crippen molar-refractivity contribution in [3.8, 4) is 11.5 Å². The number of hydrogen-bond donors (Lipinski definition) is 1. The van der Waals surface area contributed by atoms with Crippen LogP contribution in [0.1, 0.15) is 41.8 Å². The number of rotatable bonds is 7. The first kappa shape index (κ1) is 17.8. The summed E-state index contributed by atoms with van der Waals surface area (Å²) >= 11 is 0. The third-order valence-corrected chi connectivity index (χ3v) is 3.96. The molecule has 0 heterocycles. The van der Waals surface area contributed by atoms with E-state index in [1.165, 1.54) is 0 Å². The molecule has 0 atom stereocenters. The standard InChI is InChI=1S/C21H24O3/c1-15(2)9-11-18-20(24-3)14-12-17(21(18)23)19(22)13-10-16-7-5-4-6-8-16/h4-9,12,14,23H,10-11,13H2,1-3H3. The summed E-state index contributed by atoms with van der Waals surface area (Å²) in [5, 5.41) is 10.6. The third-order valence-electron chi connectivity index (χ3n) is 3.96. The smallest absolute Gasteiger partial charge is 0.166 e. The number of Topliss-reactive ketones (excluding diaryl/α,β-unsaturated/α-hetero) is 1. The van der Waals surface area contributed by atoms with Crippen molar-refractivity contribution < 1.29 is 14.6 Å². The van der Waals surface area contributed by atoms with Gasteiger partial charge in [-0.3, -0.25) is 4.79 Å². The molecular weight excluding hydrogens is 300 g/mol. The predicted molar refractivity (Wildman–Crippen MR) is 96.9 cm³/mol. The second-order valence-electron chi connectivity index (χ2n) is 6.04. The molecule has 2 aromatic carbocycles. The van der Waals surface area contributed by atoms with E-state index in [-0.39, 0.29) is 11.5 Å². The molecule has 3 nitrogen and oxygen atoms in total. The zero-order chi connectivity index (χ0) is 17.5. The number of aryl methyl sites for hydroxylation is 1. The van der Waals surface area contributed by atoms with Crippen molar-refractivity contribution in [2.24, 2.45) is 0 Å². The van der Waals surface area contributed by atoms with Gasteiger partial charge in [0.2, 0.25) is 0 Å². The van der Waals surface area contributed by atoms with Crippen molar-refractivity contribution in [2.45, 2.75) is 33.1 Å². The van der Waals surface area contributed by atoms with Gasteiger partial charge < -0.3 is 9.84 Å². The Morgan fingerprint density at radius 2 is 1.83 bits per heavy atom. The first-order chi connectivity index (χ1) is 11.5. The molecule has 0 amide bonds. The Morgan fingerprint density at radius 1 is 1.12 bits per heavy atom. The summed E-state index contributed by atoms with van der Waals surface area (Å²) in [6.45, 7) is 4.00. The van der Waals surface area contributed by atoms with E-state index in [2.05, 4.69) is 0 Å². The van der Waals surface area contributed by atoms with Crippen LogP contribution in [0.3, 0.4) is 0 Å². The molecule has 0 aliphatic heterocycles. The van der Waals surface area contributed by atoms with Crippen molar-refractivity contribution in [3.05, 3.63) is 70.8 Å². The zero-order valence-electron chi connectivity index (χ0n) is 14.5. The highest BCUT2D eigenvalue weighted by Crippen LogP contribution is 2.33. The maximum Gasteiger partial charge on any atom is 0.166 e. The van der Waals surface area contributed by atoms with E-state index in [1.54, 1.807) is 19.2 Å². The van der Waals surface area contributed by atoms with Crippen molar-refractivity contribution >= 4 is 5.78 Å². The first-order valence-electron chi connectivity index (χ1n) is 8.12. The molecule has 0 bridgehead atoms. The Morgan fingerprint density at radius 3 is 2.46 bits per heavy atom. The maximum atomic E-state index is 12.5. The van der Waals surface area contributed by atoms with Gasteiger partial charge in [0.15, 0.2) is 5.78 Å². The quantitative estimate of drug-likeness (QED) is 0.592. The van der Waals surface area contributed by atoms with E-state index in [9.17, 15) is 9.90 Å². The molecule has 0 radical (unpaired) electrons. The molecule has 3 heteroatoms. The molecule has 0 aliphatic rings. The number of phenols is 1. The number of ketones is 1. The number of benzene rings is 2. The maximum absolute atomic E-state index is 12.5. The minimum atomic E-state index is -0.0579. The minimum Gasteiger partial charge on any atom is -0.507 e. The number of carbonyl (C=O) groups is 1. The van der Waals surface area contributed by atoms with Gasteiger partial charge in [0.05, 0.1) is 12.7 Å². The van der Waals surface area contributed by atoms with Crippen LogP contribution < -0.4 is 4.74 Å². The van der Waals surface area contributed by atoms with E-state index in [1.807, 2.05) is 50.3 Å². The minimum absolute atomic E-state index is 0.0323. The van der Waals surface area contributed by atoms with E-state index in [0.29, 0.717) is 36.1 Å². The lowest BCUT2D eigenvalue weighted by Crippen LogP contribution is -2.04. The van der Waals surface area contributed by atoms with E-state index >= 15 is 0 Å². The van der Waals surface area contributed by atoms with Crippen LogP contribution in [0.2, 0.25) is 0 Å². The lowest BCUT2D eigenvalue weighted by Gasteiger charge is -2.13. The molecule has 0 fully saturated rings. The Bertz CT molecular complexity index is 726. The average Bonchev–Trinajstić information content (AvgIpc) is 2.59. The van der Waals surface area contributed by atoms with Crippen LogP contribution >= 0.6 is 0 Å². The highest BCUT2D eigenvalue weighted by Gasteiger charge is 2.17. The fourth-order valence-corrected chi connectivity index (χ4v) is 2.57. The molecule has 0 saturated heterocycles. The fourth-order valence-electron chi connectivity index (χ4n) is 2.57. The number of hydrogen-bond acceptors (Lipinski definition) is 3. The van der Waals surface area contributed by atoms with Crippen LogP contribution in [0.5, 0.6) is 11.5 Å². The van der Waals surface area contributed by atoms with Gasteiger partial charge in [-0.1, -0.05) is 42.0 Å². The SMILES string of the molecule is COc1ccc(C(=O)CCc2ccccc2)c(O)c1CC=C(C)C. The van der Waals surface area contributed by atoms with Gasteiger partial charge in [-0.05, 0) is 44.4 Å². The molecule has 0 saturated carbocycles. The van der Waals surface area contributed by atoms with Gasteiger partial charge in [-0.15, -0.1) is 0 Å². The van der Waals surface area contributed by atoms with Crippen molar-refractivity contribution in [3.63, 3.8) is 0 Å². The average molecular weight is 324 g/mol. The summed E-state index contributed by atoms with van der Waals surface area (Å²) in [6.07, 6.45) is 3.58. The Kier molecular flexibility index (Phi) is 6.19. The van der Waals surface area contributed by atoms with Gasteiger partial charge in [0.1, 0.15) is 11.5 Å². The topological polar surface area (TPSA) is 46.5 Å². The third kappa shape index (κ3) is 4.48. The Balaban J connectivity index is 2.21. The van der Waals surface area contributed by atoms with Crippen LogP contribution in [-0.2, 0) is 12.8 Å². The number of aromatic hydroxyl groups is 1. The normalized spacial score (nSPS) is 10.3. The lowest BCUT2D eigenvalue weighted by molar-refractivity contribution is 0.0980. The second kappa shape index (κ2) is 8.34. The summed E-state index contributed by atoms with van der Waals surface area (Å²) in [4.78, 5) is 12.5. The molecule has 0 spiro atoms. The van der Waals surface area contributed by atoms with Crippen LogP contribution in [-0.4, -0.2) is 18.0 Å². The molecule has 0 aliphatic carbocycles. The number of allylic oxidation sites excluding steroid dienone is 2. The Hall–Kier alpha value is -2.55. The number of carbonyl (C=O) groups excluding carboxylic acids is 1. The summed E-state index contributed by atoms with van der Waals surface area (Å²) in [5.41, 5.74) is 3.29. The monoisotopic (exact) mass is 324 g/mol. The summed E-state index contributed by atoms with van der Waals surface area (Å²) < 4.78 is 5.32. The molecule has 126 valence electrons. The van der Waals surface area contributed by atoms with Gasteiger partial charge in [0.25, 0.3) is 0 Å². The summed E-state index contributed by atoms with van der Waals surface area (Å²) in [6, 6.07) is 13.3. The molecule has 0 aromatic heterocycles. The van der Waals surface area contributed by atoms with Crippen molar-refractivity contribution in [2.75, 3.05) is 7.11 Å². The van der Waals surface area contributed by atoms with Crippen LogP contribution in [0.15, 0.2) is 54.1 Å². The number of phenolic OH excluding ortho intramolecular Hbond substituents is 1. The van der Waals surface area contributed by atoms with Crippen molar-refractivity contribution in [1.29, 1.82) is 0 Å². The predicted octanol–water partition coefficient (Wildman–Crippen LogP) is 4.73. The number of methoxy groups -OCH3 is 1. The molecular formula is C21H24O3. The number of ether oxygens (including phenoxy) is 1. The first-order valence-corrected chi connectivity index (χ1v) is 8.12. The van der Waals surface area contributed by atoms with E-state index < -0.39 is 0 Å². The Labute approximate surface area is 143 Å². The fraction of sp³-hybridized carbons (Fsp3) is 0.286. The van der Waals surface area contributed by atoms with E-state index in [0.717, 1.165) is 11.1 Å². The largest absolute Gasteiger partial charge is 0.507 e. The molecule has 0 unspecified atom stereocenters.